The first kappa shape index (κ1) is 25.3. The minimum Gasteiger partial charge on any atom is -0.512 e. The number of ether oxygens (including phenoxy) is 2. The molecule has 1 radical (unpaired) electrons. The van der Waals surface area contributed by atoms with Gasteiger partial charge in [0.15, 0.2) is 5.78 Å². The van der Waals surface area contributed by atoms with Crippen molar-refractivity contribution in [2.75, 3.05) is 14.2 Å². The third kappa shape index (κ3) is 6.68. The summed E-state index contributed by atoms with van der Waals surface area (Å²) in [6, 6.07) is 15.3. The van der Waals surface area contributed by atoms with Gasteiger partial charge in [0.2, 0.25) is 0 Å². The van der Waals surface area contributed by atoms with Gasteiger partial charge >= 0.3 is 0 Å². The third-order valence-electron chi connectivity index (χ3n) is 4.15. The maximum absolute atomic E-state index is 10.0. The molecule has 3 rings (SSSR count). The van der Waals surface area contributed by atoms with Crippen molar-refractivity contribution in [3.05, 3.63) is 65.4 Å². The van der Waals surface area contributed by atoms with E-state index in [1.54, 1.807) is 14.2 Å². The first-order chi connectivity index (χ1) is 13.7. The minimum absolute atomic E-state index is 0. The smallest absolute Gasteiger partial charge is 0.155 e. The second kappa shape index (κ2) is 11.5. The average molecular weight is 585 g/mol. The predicted octanol–water partition coefficient (Wildman–Crippen LogP) is 5.37. The Morgan fingerprint density at radius 1 is 1.10 bits per heavy atom. The third-order valence-corrected chi connectivity index (χ3v) is 4.15. The number of benzene rings is 2. The molecule has 0 fully saturated rings. The van der Waals surface area contributed by atoms with E-state index in [0.29, 0.717) is 0 Å². The molecule has 0 aliphatic heterocycles. The number of allylic oxidation sites excluding steroid dienone is 2. The van der Waals surface area contributed by atoms with E-state index in [1.807, 2.05) is 30.3 Å². The Balaban J connectivity index is 0.000000489. The van der Waals surface area contributed by atoms with Crippen molar-refractivity contribution in [3.8, 4) is 22.8 Å². The Bertz CT molecular complexity index is 1060. The topological polar surface area (TPSA) is 68.7 Å². The van der Waals surface area contributed by atoms with Crippen LogP contribution in [0.25, 0.3) is 22.2 Å². The number of fused-ring (bicyclic) bond motifs is 1. The standard InChI is InChI=1S/C19H18NO2.C5H8O2.Ir/c1-12-5-6-15(13(2)9-12)17-8-7-16-18(20-17)10-14(21-3)11-19(16)22-4;1-4(6)3-5(2)7;/h5,7-11H,1-4H3;3,6H,1-2H3;/q-1;;/b;4-3-;. The van der Waals surface area contributed by atoms with Gasteiger partial charge in [-0.2, -0.15) is 0 Å². The van der Waals surface area contributed by atoms with Crippen LogP contribution in [0.5, 0.6) is 11.5 Å². The summed E-state index contributed by atoms with van der Waals surface area (Å²) in [6.07, 6.45) is 1.17. The van der Waals surface area contributed by atoms with Crippen LogP contribution >= 0.6 is 0 Å². The fourth-order valence-corrected chi connectivity index (χ4v) is 2.93. The van der Waals surface area contributed by atoms with Gasteiger partial charge in [-0.1, -0.05) is 26.0 Å². The summed E-state index contributed by atoms with van der Waals surface area (Å²) in [5.74, 6) is 1.43. The zero-order chi connectivity index (χ0) is 21.6. The van der Waals surface area contributed by atoms with Crippen LogP contribution in [0.2, 0.25) is 0 Å². The van der Waals surface area contributed by atoms with Crippen LogP contribution in [-0.4, -0.2) is 30.1 Å². The van der Waals surface area contributed by atoms with Crippen molar-refractivity contribution in [2.45, 2.75) is 27.7 Å². The van der Waals surface area contributed by atoms with Crippen molar-refractivity contribution < 1.29 is 39.5 Å². The van der Waals surface area contributed by atoms with E-state index in [4.69, 9.17) is 19.6 Å². The molecule has 3 aromatic rings. The van der Waals surface area contributed by atoms with Crippen molar-refractivity contribution in [3.63, 3.8) is 0 Å². The number of carbonyl (C=O) groups excluding carboxylic acids is 1. The number of methoxy groups -OCH3 is 2. The molecule has 0 saturated carbocycles. The van der Waals surface area contributed by atoms with E-state index in [9.17, 15) is 4.79 Å². The van der Waals surface area contributed by atoms with Gasteiger partial charge in [0, 0.05) is 43.7 Å². The number of ketones is 1. The summed E-state index contributed by atoms with van der Waals surface area (Å²) in [6.45, 7) is 6.99. The summed E-state index contributed by atoms with van der Waals surface area (Å²) in [4.78, 5) is 14.8. The number of aliphatic hydroxyl groups excluding tert-OH is 1. The van der Waals surface area contributed by atoms with Gasteiger partial charge in [-0.05, 0) is 19.5 Å². The van der Waals surface area contributed by atoms with Gasteiger partial charge in [-0.25, -0.2) is 0 Å². The number of hydrogen-bond donors (Lipinski definition) is 1. The fraction of sp³-hybridized carbons (Fsp3) is 0.250. The first-order valence-corrected chi connectivity index (χ1v) is 9.15. The maximum atomic E-state index is 10.0. The molecule has 0 spiro atoms. The van der Waals surface area contributed by atoms with Crippen LogP contribution in [0, 0.1) is 19.9 Å². The van der Waals surface area contributed by atoms with Crippen molar-refractivity contribution in [1.29, 1.82) is 0 Å². The fourth-order valence-electron chi connectivity index (χ4n) is 2.93. The number of nitrogens with zero attached hydrogens (tertiary/aromatic N) is 1. The monoisotopic (exact) mass is 585 g/mol. The number of aromatic nitrogens is 1. The largest absolute Gasteiger partial charge is 0.512 e. The normalized spacial score (nSPS) is 10.5. The van der Waals surface area contributed by atoms with Crippen molar-refractivity contribution >= 4 is 16.7 Å². The maximum Gasteiger partial charge on any atom is 0.155 e. The number of carbonyl (C=O) groups is 1. The Labute approximate surface area is 191 Å². The Kier molecular flexibility index (Phi) is 9.70. The number of rotatable bonds is 4. The molecule has 161 valence electrons. The Morgan fingerprint density at radius 2 is 1.80 bits per heavy atom. The first-order valence-electron chi connectivity index (χ1n) is 9.15. The van der Waals surface area contributed by atoms with E-state index in [1.165, 1.54) is 31.1 Å². The van der Waals surface area contributed by atoms with Gasteiger partial charge in [-0.3, -0.25) is 9.78 Å². The SMILES string of the molecule is CC(=O)/C=C(/C)O.COc1cc(OC)c2ccc(-c3[c-]cc(C)cc3C)nc2c1.[Ir]. The van der Waals surface area contributed by atoms with Gasteiger partial charge in [0.1, 0.15) is 11.5 Å². The number of aliphatic hydroxyl groups is 1. The molecule has 0 unspecified atom stereocenters. The molecule has 1 heterocycles. The molecule has 5 nitrogen and oxygen atoms in total. The molecule has 1 N–H and O–H groups in total. The van der Waals surface area contributed by atoms with Crippen molar-refractivity contribution in [1.82, 2.24) is 4.98 Å². The summed E-state index contributed by atoms with van der Waals surface area (Å²) in [7, 11) is 3.29. The molecule has 6 heteroatoms. The molecule has 0 amide bonds. The minimum atomic E-state index is -0.125. The predicted molar refractivity (Wildman–Crippen MR) is 116 cm³/mol. The zero-order valence-corrected chi connectivity index (χ0v) is 20.4. The van der Waals surface area contributed by atoms with Crippen LogP contribution in [0.3, 0.4) is 0 Å². The summed E-state index contributed by atoms with van der Waals surface area (Å²) < 4.78 is 10.7. The second-order valence-electron chi connectivity index (χ2n) is 6.72. The average Bonchev–Trinajstić information content (AvgIpc) is 2.66. The number of aryl methyl sites for hydroxylation is 2. The second-order valence-corrected chi connectivity index (χ2v) is 6.72. The van der Waals surface area contributed by atoms with Gasteiger partial charge in [-0.15, -0.1) is 34.9 Å². The Morgan fingerprint density at radius 3 is 2.30 bits per heavy atom. The molecular formula is C24H26IrNO4-. The molecule has 0 atom stereocenters. The summed E-state index contributed by atoms with van der Waals surface area (Å²) >= 11 is 0. The van der Waals surface area contributed by atoms with Crippen LogP contribution in [-0.2, 0) is 24.9 Å². The van der Waals surface area contributed by atoms with E-state index < -0.39 is 0 Å². The van der Waals surface area contributed by atoms with Gasteiger partial charge in [0.05, 0.1) is 25.5 Å². The molecule has 0 saturated heterocycles. The van der Waals surface area contributed by atoms with E-state index in [-0.39, 0.29) is 31.6 Å². The number of pyridine rings is 1. The zero-order valence-electron chi connectivity index (χ0n) is 18.0. The molecule has 0 aliphatic rings. The molecule has 30 heavy (non-hydrogen) atoms. The van der Waals surface area contributed by atoms with Crippen molar-refractivity contribution in [2.24, 2.45) is 0 Å². The quantitative estimate of drug-likeness (QED) is 0.254. The van der Waals surface area contributed by atoms with Gasteiger partial charge in [0.25, 0.3) is 0 Å². The van der Waals surface area contributed by atoms with Crippen LogP contribution < -0.4 is 9.47 Å². The Hall–Kier alpha value is -2.69. The van der Waals surface area contributed by atoms with Crippen LogP contribution in [0.4, 0.5) is 0 Å². The molecular weight excluding hydrogens is 558 g/mol. The molecule has 1 aromatic heterocycles. The summed E-state index contributed by atoms with van der Waals surface area (Å²) in [5.41, 5.74) is 5.14. The van der Waals surface area contributed by atoms with E-state index >= 15 is 0 Å². The van der Waals surface area contributed by atoms with E-state index in [2.05, 4.69) is 26.0 Å². The van der Waals surface area contributed by atoms with Gasteiger partial charge < -0.3 is 14.6 Å². The summed E-state index contributed by atoms with van der Waals surface area (Å²) in [5, 5.41) is 9.33. The van der Waals surface area contributed by atoms with Crippen LogP contribution in [0.1, 0.15) is 25.0 Å². The molecule has 0 aliphatic carbocycles. The molecule has 2 aromatic carbocycles. The number of hydrogen-bond acceptors (Lipinski definition) is 5. The molecule has 0 bridgehead atoms. The van der Waals surface area contributed by atoms with Crippen LogP contribution in [0.15, 0.2) is 48.2 Å². The van der Waals surface area contributed by atoms with E-state index in [0.717, 1.165) is 33.7 Å².